The Morgan fingerprint density at radius 2 is 0.633 bits per heavy atom. The summed E-state index contributed by atoms with van der Waals surface area (Å²) >= 11 is 0. The summed E-state index contributed by atoms with van der Waals surface area (Å²) in [6.07, 6.45) is 0. The van der Waals surface area contributed by atoms with E-state index in [1.165, 1.54) is 120 Å². The van der Waals surface area contributed by atoms with Crippen LogP contribution in [-0.4, -0.2) is 0 Å². The van der Waals surface area contributed by atoms with Crippen molar-refractivity contribution >= 4 is 64.6 Å². The number of benzene rings is 12. The Morgan fingerprint density at radius 3 is 1.35 bits per heavy atom. The minimum Gasteiger partial charge on any atom is -0.0622 e. The fourth-order valence-electron chi connectivity index (χ4n) is 10.0. The van der Waals surface area contributed by atoms with Gasteiger partial charge in [0.15, 0.2) is 0 Å². The highest BCUT2D eigenvalue weighted by atomic mass is 14.2. The number of hydrogen-bond donors (Lipinski definition) is 0. The molecule has 12 rings (SSSR count). The van der Waals surface area contributed by atoms with Crippen molar-refractivity contribution in [2.75, 3.05) is 0 Å². The highest BCUT2D eigenvalue weighted by Gasteiger charge is 2.21. The molecule has 0 heterocycles. The zero-order valence-electron chi connectivity index (χ0n) is 32.9. The van der Waals surface area contributed by atoms with Crippen LogP contribution in [0.15, 0.2) is 231 Å². The molecule has 0 aromatic heterocycles. The van der Waals surface area contributed by atoms with Crippen LogP contribution < -0.4 is 0 Å². The summed E-state index contributed by atoms with van der Waals surface area (Å²) in [5, 5.41) is 15.1. The molecule has 60 heavy (non-hydrogen) atoms. The van der Waals surface area contributed by atoms with Crippen molar-refractivity contribution in [3.8, 4) is 55.6 Å². The molecule has 0 N–H and O–H groups in total. The second-order valence-electron chi connectivity index (χ2n) is 15.9. The molecule has 0 nitrogen and oxygen atoms in total. The average Bonchev–Trinajstić information content (AvgIpc) is 3.32. The third-order valence-electron chi connectivity index (χ3n) is 12.7. The van der Waals surface area contributed by atoms with E-state index in [1.54, 1.807) is 0 Å². The maximum absolute atomic E-state index is 2.38. The van der Waals surface area contributed by atoms with Gasteiger partial charge in [-0.05, 0) is 126 Å². The van der Waals surface area contributed by atoms with E-state index < -0.39 is 0 Å². The van der Waals surface area contributed by atoms with Gasteiger partial charge in [0.2, 0.25) is 0 Å². The van der Waals surface area contributed by atoms with Crippen LogP contribution in [0.3, 0.4) is 0 Å². The molecule has 12 aromatic carbocycles. The Labute approximate surface area is 349 Å². The number of hydrogen-bond acceptors (Lipinski definition) is 0. The van der Waals surface area contributed by atoms with Crippen LogP contribution in [0.1, 0.15) is 0 Å². The smallest absolute Gasteiger partial charge is 0.00201 e. The lowest BCUT2D eigenvalue weighted by atomic mass is 9.82. The van der Waals surface area contributed by atoms with Crippen molar-refractivity contribution in [3.05, 3.63) is 231 Å². The normalized spacial score (nSPS) is 11.7. The topological polar surface area (TPSA) is 0 Å². The summed E-state index contributed by atoms with van der Waals surface area (Å²) in [6.45, 7) is 0. The minimum atomic E-state index is 1.22. The minimum absolute atomic E-state index is 1.22. The molecular weight excluding hydrogens is 721 g/mol. The van der Waals surface area contributed by atoms with Gasteiger partial charge in [0.1, 0.15) is 0 Å². The molecule has 0 spiro atoms. The molecule has 0 unspecified atom stereocenters. The van der Waals surface area contributed by atoms with Crippen LogP contribution in [0.2, 0.25) is 0 Å². The average molecular weight is 759 g/mol. The van der Waals surface area contributed by atoms with Gasteiger partial charge in [-0.1, -0.05) is 224 Å². The maximum atomic E-state index is 2.38. The van der Waals surface area contributed by atoms with Gasteiger partial charge < -0.3 is 0 Å². The van der Waals surface area contributed by atoms with Crippen molar-refractivity contribution in [2.45, 2.75) is 0 Å². The SMILES string of the molecule is c1ccc(-c2ccc(-c3ccc(-c4c5ccccc5c(-c5ccc6ccccc6c5)c5ccccc45)c4ccccc34)c3cccc(-c4cccc5ccccc45)c23)cc1. The summed E-state index contributed by atoms with van der Waals surface area (Å²) < 4.78 is 0. The van der Waals surface area contributed by atoms with Gasteiger partial charge in [-0.15, -0.1) is 0 Å². The van der Waals surface area contributed by atoms with Crippen molar-refractivity contribution < 1.29 is 0 Å². The number of fused-ring (bicyclic) bond motifs is 6. The Kier molecular flexibility index (Phi) is 7.96. The first-order chi connectivity index (χ1) is 29.8. The first-order valence-corrected chi connectivity index (χ1v) is 20.8. The van der Waals surface area contributed by atoms with Gasteiger partial charge in [-0.3, -0.25) is 0 Å². The van der Waals surface area contributed by atoms with Gasteiger partial charge in [0.05, 0.1) is 0 Å². The van der Waals surface area contributed by atoms with E-state index in [0.29, 0.717) is 0 Å². The third kappa shape index (κ3) is 5.39. The first-order valence-electron chi connectivity index (χ1n) is 20.8. The van der Waals surface area contributed by atoms with Crippen LogP contribution in [0.4, 0.5) is 0 Å². The van der Waals surface area contributed by atoms with Crippen LogP contribution in [0.5, 0.6) is 0 Å². The fraction of sp³-hybridized carbons (Fsp3) is 0. The molecule has 0 atom stereocenters. The molecule has 0 fully saturated rings. The van der Waals surface area contributed by atoms with E-state index in [9.17, 15) is 0 Å². The summed E-state index contributed by atoms with van der Waals surface area (Å²) in [6, 6.07) is 85.2. The summed E-state index contributed by atoms with van der Waals surface area (Å²) in [7, 11) is 0. The Bertz CT molecular complexity index is 3590. The van der Waals surface area contributed by atoms with E-state index in [0.717, 1.165) is 0 Å². The molecule has 278 valence electrons. The zero-order chi connectivity index (χ0) is 39.6. The predicted molar refractivity (Wildman–Crippen MR) is 259 cm³/mol. The third-order valence-corrected chi connectivity index (χ3v) is 12.7. The molecule has 0 radical (unpaired) electrons. The lowest BCUT2D eigenvalue weighted by Crippen LogP contribution is -1.93. The molecule has 0 saturated carbocycles. The van der Waals surface area contributed by atoms with Crippen molar-refractivity contribution in [1.82, 2.24) is 0 Å². The largest absolute Gasteiger partial charge is 0.0622 e. The van der Waals surface area contributed by atoms with Gasteiger partial charge >= 0.3 is 0 Å². The predicted octanol–water partition coefficient (Wildman–Crippen LogP) is 16.9. The summed E-state index contributed by atoms with van der Waals surface area (Å²) in [5.74, 6) is 0. The van der Waals surface area contributed by atoms with E-state index in [1.807, 2.05) is 0 Å². The molecule has 0 bridgehead atoms. The quantitative estimate of drug-likeness (QED) is 0.153. The second kappa shape index (κ2) is 13.9. The molecule has 0 heteroatoms. The van der Waals surface area contributed by atoms with Crippen molar-refractivity contribution in [1.29, 1.82) is 0 Å². The molecule has 0 amide bonds. The first kappa shape index (κ1) is 34.3. The van der Waals surface area contributed by atoms with Crippen LogP contribution in [0.25, 0.3) is 120 Å². The molecule has 0 aliphatic rings. The van der Waals surface area contributed by atoms with Gasteiger partial charge in [-0.25, -0.2) is 0 Å². The summed E-state index contributed by atoms with van der Waals surface area (Å²) in [5.41, 5.74) is 12.5. The highest BCUT2D eigenvalue weighted by Crippen LogP contribution is 2.48. The molecular formula is C60H38. The van der Waals surface area contributed by atoms with E-state index in [4.69, 9.17) is 0 Å². The lowest BCUT2D eigenvalue weighted by molar-refractivity contribution is 1.63. The molecule has 0 aliphatic carbocycles. The highest BCUT2D eigenvalue weighted by molar-refractivity contribution is 6.25. The van der Waals surface area contributed by atoms with Crippen LogP contribution in [0, 0.1) is 0 Å². The Balaban J connectivity index is 1.12. The van der Waals surface area contributed by atoms with Gasteiger partial charge in [0.25, 0.3) is 0 Å². The fourth-order valence-corrected chi connectivity index (χ4v) is 10.0. The van der Waals surface area contributed by atoms with Crippen LogP contribution in [-0.2, 0) is 0 Å². The van der Waals surface area contributed by atoms with E-state index >= 15 is 0 Å². The van der Waals surface area contributed by atoms with Crippen molar-refractivity contribution in [2.24, 2.45) is 0 Å². The molecule has 0 aliphatic heterocycles. The Morgan fingerprint density at radius 1 is 0.183 bits per heavy atom. The van der Waals surface area contributed by atoms with Gasteiger partial charge in [0, 0.05) is 0 Å². The molecule has 12 aromatic rings. The lowest BCUT2D eigenvalue weighted by Gasteiger charge is -2.21. The number of rotatable bonds is 5. The van der Waals surface area contributed by atoms with E-state index in [-0.39, 0.29) is 0 Å². The molecule has 0 saturated heterocycles. The Hall–Kier alpha value is -7.80. The van der Waals surface area contributed by atoms with Gasteiger partial charge in [-0.2, -0.15) is 0 Å². The monoisotopic (exact) mass is 758 g/mol. The zero-order valence-corrected chi connectivity index (χ0v) is 32.9. The van der Waals surface area contributed by atoms with Crippen LogP contribution >= 0.6 is 0 Å². The maximum Gasteiger partial charge on any atom is -0.00201 e. The standard InChI is InChI=1S/C60H38/c1-2-17-41(18-3-1)45-34-35-50(52-31-15-30-51(59(45)52)46-29-14-21-40-19-6-7-22-44(40)46)49-36-37-57(48-24-9-8-23-47(48)49)60-55-27-12-10-25-53(55)58(54-26-11-13-28-56(54)60)43-33-32-39-16-4-5-20-42(39)38-43/h1-38H. The van der Waals surface area contributed by atoms with Crippen molar-refractivity contribution in [3.63, 3.8) is 0 Å². The van der Waals surface area contributed by atoms with E-state index in [2.05, 4.69) is 231 Å². The summed E-state index contributed by atoms with van der Waals surface area (Å²) in [4.78, 5) is 0. The second-order valence-corrected chi connectivity index (χ2v) is 15.9.